The second kappa shape index (κ2) is 4.93. The Morgan fingerprint density at radius 2 is 1.96 bits per heavy atom. The first kappa shape index (κ1) is 16.7. The minimum absolute atomic E-state index is 0.0335. The maximum atomic E-state index is 14.3. The standard InChI is InChI=1S/C21H26FNO2/c1-10-11(2)17-18(23)15(24)6-8-20(17,3)12-5-7-21(4)13(16(10)12)9-14(22)19(21)25/h6,8,10,12-14,16H,2,5,7,9,23H2,1,3-4H3/t10-,12+,13+,14+,16-,20-,21+/m1/s1. The Labute approximate surface area is 148 Å². The molecule has 0 aliphatic heterocycles. The van der Waals surface area contributed by atoms with E-state index in [1.165, 1.54) is 0 Å². The van der Waals surface area contributed by atoms with Crippen molar-refractivity contribution >= 4 is 11.6 Å². The fourth-order valence-electron chi connectivity index (χ4n) is 6.47. The lowest BCUT2D eigenvalue weighted by molar-refractivity contribution is -0.135. The first-order valence-corrected chi connectivity index (χ1v) is 9.24. The number of alkyl halides is 1. The maximum absolute atomic E-state index is 14.3. The van der Waals surface area contributed by atoms with Crippen LogP contribution in [-0.4, -0.2) is 17.7 Å². The zero-order valence-corrected chi connectivity index (χ0v) is 15.1. The van der Waals surface area contributed by atoms with Crippen molar-refractivity contribution in [3.05, 3.63) is 35.6 Å². The Morgan fingerprint density at radius 1 is 1.28 bits per heavy atom. The van der Waals surface area contributed by atoms with Crippen LogP contribution in [0.4, 0.5) is 4.39 Å². The summed E-state index contributed by atoms with van der Waals surface area (Å²) in [6.45, 7) is 10.5. The number of halogens is 1. The molecule has 0 radical (unpaired) electrons. The van der Waals surface area contributed by atoms with Crippen LogP contribution >= 0.6 is 0 Å². The van der Waals surface area contributed by atoms with E-state index >= 15 is 0 Å². The monoisotopic (exact) mass is 343 g/mol. The maximum Gasteiger partial charge on any atom is 0.201 e. The summed E-state index contributed by atoms with van der Waals surface area (Å²) in [5.41, 5.74) is 7.32. The Bertz CT molecular complexity index is 766. The molecule has 0 bridgehead atoms. The summed E-state index contributed by atoms with van der Waals surface area (Å²) in [4.78, 5) is 24.6. The molecule has 0 aromatic carbocycles. The van der Waals surface area contributed by atoms with Crippen molar-refractivity contribution in [2.24, 2.45) is 40.2 Å². The SMILES string of the molecule is C=C1C2=C(N)C(=O)C=C[C@]2(C)[C@H]2CC[C@]3(C)C(=O)[C@@H](F)C[C@H]3[C@@H]2[C@@H]1C. The van der Waals surface area contributed by atoms with E-state index < -0.39 is 11.6 Å². The van der Waals surface area contributed by atoms with Gasteiger partial charge in [-0.1, -0.05) is 33.4 Å². The van der Waals surface area contributed by atoms with Crippen LogP contribution in [0.2, 0.25) is 0 Å². The molecule has 2 N–H and O–H groups in total. The van der Waals surface area contributed by atoms with E-state index in [0.29, 0.717) is 18.5 Å². The van der Waals surface area contributed by atoms with Crippen molar-refractivity contribution in [3.63, 3.8) is 0 Å². The summed E-state index contributed by atoms with van der Waals surface area (Å²) in [6, 6.07) is 0. The van der Waals surface area contributed by atoms with Crippen LogP contribution in [0.3, 0.4) is 0 Å². The van der Waals surface area contributed by atoms with Gasteiger partial charge in [0.15, 0.2) is 12.0 Å². The van der Waals surface area contributed by atoms with Gasteiger partial charge in [-0.15, -0.1) is 0 Å². The highest BCUT2D eigenvalue weighted by atomic mass is 19.1. The predicted molar refractivity (Wildman–Crippen MR) is 94.1 cm³/mol. The van der Waals surface area contributed by atoms with E-state index in [1.807, 2.05) is 13.0 Å². The van der Waals surface area contributed by atoms with Gasteiger partial charge < -0.3 is 5.73 Å². The number of rotatable bonds is 0. The molecule has 3 nitrogen and oxygen atoms in total. The van der Waals surface area contributed by atoms with Gasteiger partial charge in [0.2, 0.25) is 5.78 Å². The summed E-state index contributed by atoms with van der Waals surface area (Å²) in [6.07, 6.45) is 4.09. The van der Waals surface area contributed by atoms with Gasteiger partial charge in [-0.2, -0.15) is 0 Å². The second-order valence-corrected chi connectivity index (χ2v) is 8.90. The molecule has 0 heterocycles. The normalized spacial score (nSPS) is 49.1. The molecule has 0 spiro atoms. The van der Waals surface area contributed by atoms with Gasteiger partial charge in [-0.05, 0) is 60.2 Å². The molecular formula is C21H26FNO2. The number of ketones is 2. The Kier molecular flexibility index (Phi) is 3.30. The average Bonchev–Trinajstić information content (AvgIpc) is 2.80. The van der Waals surface area contributed by atoms with Gasteiger partial charge in [-0.3, -0.25) is 9.59 Å². The summed E-state index contributed by atoms with van der Waals surface area (Å²) >= 11 is 0. The van der Waals surface area contributed by atoms with Crippen LogP contribution < -0.4 is 5.73 Å². The van der Waals surface area contributed by atoms with Crippen LogP contribution in [-0.2, 0) is 9.59 Å². The van der Waals surface area contributed by atoms with Crippen molar-refractivity contribution in [1.29, 1.82) is 0 Å². The quantitative estimate of drug-likeness (QED) is 0.732. The number of nitrogens with two attached hydrogens (primary N) is 1. The third kappa shape index (κ3) is 1.86. The zero-order chi connectivity index (χ0) is 18.3. The smallest absolute Gasteiger partial charge is 0.201 e. The minimum Gasteiger partial charge on any atom is -0.395 e. The number of Topliss-reactive ketones (excluding diaryl/α,β-unsaturated/α-hetero) is 1. The van der Waals surface area contributed by atoms with E-state index in [4.69, 9.17) is 5.73 Å². The van der Waals surface area contributed by atoms with Gasteiger partial charge in [0.25, 0.3) is 0 Å². The average molecular weight is 343 g/mol. The lowest BCUT2D eigenvalue weighted by atomic mass is 9.45. The highest BCUT2D eigenvalue weighted by Crippen LogP contribution is 2.66. The van der Waals surface area contributed by atoms with Crippen LogP contribution in [0.5, 0.6) is 0 Å². The molecule has 0 amide bonds. The largest absolute Gasteiger partial charge is 0.395 e. The molecule has 0 aromatic rings. The zero-order valence-electron chi connectivity index (χ0n) is 15.1. The van der Waals surface area contributed by atoms with Crippen LogP contribution in [0.25, 0.3) is 0 Å². The first-order valence-electron chi connectivity index (χ1n) is 9.24. The van der Waals surface area contributed by atoms with Crippen LogP contribution in [0, 0.1) is 34.5 Å². The van der Waals surface area contributed by atoms with Gasteiger partial charge in [0.1, 0.15) is 0 Å². The Balaban J connectivity index is 1.85. The molecule has 0 saturated heterocycles. The Morgan fingerprint density at radius 3 is 2.64 bits per heavy atom. The van der Waals surface area contributed by atoms with E-state index in [0.717, 1.165) is 17.6 Å². The van der Waals surface area contributed by atoms with Crippen molar-refractivity contribution in [2.45, 2.75) is 46.2 Å². The van der Waals surface area contributed by atoms with Crippen molar-refractivity contribution in [2.75, 3.05) is 0 Å². The lowest BCUT2D eigenvalue weighted by Gasteiger charge is -2.58. The van der Waals surface area contributed by atoms with E-state index in [1.54, 1.807) is 6.08 Å². The fourth-order valence-corrected chi connectivity index (χ4v) is 6.47. The van der Waals surface area contributed by atoms with Crippen LogP contribution in [0.1, 0.15) is 40.0 Å². The fraction of sp³-hybridized carbons (Fsp3) is 0.619. The van der Waals surface area contributed by atoms with Gasteiger partial charge in [0, 0.05) is 10.8 Å². The minimum atomic E-state index is -1.34. The molecule has 25 heavy (non-hydrogen) atoms. The molecule has 134 valence electrons. The van der Waals surface area contributed by atoms with E-state index in [9.17, 15) is 14.0 Å². The highest BCUT2D eigenvalue weighted by Gasteiger charge is 2.63. The highest BCUT2D eigenvalue weighted by molar-refractivity contribution is 6.06. The first-order chi connectivity index (χ1) is 11.6. The molecule has 4 rings (SSSR count). The van der Waals surface area contributed by atoms with Crippen molar-refractivity contribution in [3.8, 4) is 0 Å². The molecule has 3 saturated carbocycles. The predicted octanol–water partition coefficient (Wildman–Crippen LogP) is 3.51. The second-order valence-electron chi connectivity index (χ2n) is 8.90. The molecule has 4 aliphatic rings. The van der Waals surface area contributed by atoms with E-state index in [2.05, 4.69) is 20.4 Å². The molecule has 3 fully saturated rings. The van der Waals surface area contributed by atoms with Crippen LogP contribution in [0.15, 0.2) is 35.6 Å². The molecule has 4 aliphatic carbocycles. The third-order valence-corrected chi connectivity index (χ3v) is 7.90. The van der Waals surface area contributed by atoms with Gasteiger partial charge >= 0.3 is 0 Å². The van der Waals surface area contributed by atoms with Gasteiger partial charge in [0.05, 0.1) is 5.70 Å². The third-order valence-electron chi connectivity index (χ3n) is 7.90. The molecule has 7 atom stereocenters. The van der Waals surface area contributed by atoms with Crippen molar-refractivity contribution in [1.82, 2.24) is 0 Å². The summed E-state index contributed by atoms with van der Waals surface area (Å²) in [5, 5.41) is 0. The number of hydrogen-bond donors (Lipinski definition) is 1. The topological polar surface area (TPSA) is 60.2 Å². The molecular weight excluding hydrogens is 317 g/mol. The molecule has 4 heteroatoms. The van der Waals surface area contributed by atoms with Crippen molar-refractivity contribution < 1.29 is 14.0 Å². The summed E-state index contributed by atoms with van der Waals surface area (Å²) < 4.78 is 14.3. The molecule has 0 aromatic heterocycles. The number of allylic oxidation sites excluding steroid dienone is 4. The number of carbonyl (C=O) groups excluding carboxylic acids is 2. The lowest BCUT2D eigenvalue weighted by Crippen LogP contribution is -2.53. The molecule has 0 unspecified atom stereocenters. The number of fused-ring (bicyclic) bond motifs is 5. The van der Waals surface area contributed by atoms with Gasteiger partial charge in [-0.25, -0.2) is 4.39 Å². The number of carbonyl (C=O) groups is 2. The Hall–Kier alpha value is -1.71. The van der Waals surface area contributed by atoms with E-state index in [-0.39, 0.29) is 40.7 Å². The number of hydrogen-bond acceptors (Lipinski definition) is 3. The summed E-state index contributed by atoms with van der Waals surface area (Å²) in [5.74, 6) is 0.200. The summed E-state index contributed by atoms with van der Waals surface area (Å²) in [7, 11) is 0.